The van der Waals surface area contributed by atoms with E-state index in [0.717, 1.165) is 6.92 Å². The lowest BCUT2D eigenvalue weighted by atomic mass is 9.97. The van der Waals surface area contributed by atoms with E-state index in [4.69, 9.17) is 5.84 Å². The van der Waals surface area contributed by atoms with Gasteiger partial charge in [-0.3, -0.25) is 15.0 Å². The van der Waals surface area contributed by atoms with Crippen LogP contribution in [-0.2, 0) is 9.59 Å². The van der Waals surface area contributed by atoms with Gasteiger partial charge in [-0.2, -0.15) is 4.91 Å². The van der Waals surface area contributed by atoms with Crippen molar-refractivity contribution in [2.45, 2.75) is 31.2 Å². The summed E-state index contributed by atoms with van der Waals surface area (Å²) in [5.74, 6) is 2.69. The fourth-order valence-corrected chi connectivity index (χ4v) is 1.08. The molecule has 0 aliphatic heterocycles. The quantitative estimate of drug-likeness (QED) is 0.167. The molecule has 1 amide bonds. The first kappa shape index (κ1) is 15.2. The number of hydrazine groups is 1. The molecule has 0 aliphatic carbocycles. The van der Waals surface area contributed by atoms with Crippen molar-refractivity contribution in [2.75, 3.05) is 0 Å². The molecule has 17 heavy (non-hydrogen) atoms. The monoisotopic (exact) mass is 248 g/mol. The van der Waals surface area contributed by atoms with Gasteiger partial charge in [-0.25, -0.2) is 5.84 Å². The smallest absolute Gasteiger partial charge is 0.265 e. The summed E-state index contributed by atoms with van der Waals surface area (Å²) in [5.41, 5.74) is 1.54. The summed E-state index contributed by atoms with van der Waals surface area (Å²) in [6, 6.07) is -3.83. The molecule has 0 aliphatic rings. The molecular formula is C7H12N4O6. The average Bonchev–Trinajstić information content (AvgIpc) is 2.30. The Balaban J connectivity index is 5.01. The number of ketones is 1. The predicted octanol–water partition coefficient (Wildman–Crippen LogP) is -2.44. The van der Waals surface area contributed by atoms with Crippen LogP contribution in [0.25, 0.3) is 0 Å². The van der Waals surface area contributed by atoms with Gasteiger partial charge in [0.05, 0.1) is 0 Å². The number of nitrogens with zero attached hydrogens (tertiary/aromatic N) is 2. The van der Waals surface area contributed by atoms with Gasteiger partial charge in [0.2, 0.25) is 0 Å². The number of rotatable bonds is 7. The molecule has 0 saturated heterocycles. The van der Waals surface area contributed by atoms with Crippen molar-refractivity contribution >= 4 is 11.7 Å². The molecule has 5 N–H and O–H groups in total. The van der Waals surface area contributed by atoms with Crippen molar-refractivity contribution in [3.05, 3.63) is 9.81 Å². The molecule has 0 aromatic carbocycles. The van der Waals surface area contributed by atoms with E-state index in [-0.39, 0.29) is 0 Å². The molecule has 0 aromatic heterocycles. The Morgan fingerprint density at radius 2 is 1.76 bits per heavy atom. The lowest BCUT2D eigenvalue weighted by Gasteiger charge is -2.22. The first-order valence-electron chi connectivity index (χ1n) is 4.42. The van der Waals surface area contributed by atoms with E-state index < -0.39 is 36.0 Å². The molecule has 0 radical (unpaired) electrons. The van der Waals surface area contributed by atoms with Gasteiger partial charge in [-0.15, -0.1) is 4.91 Å². The molecule has 0 rings (SSSR count). The van der Waals surface area contributed by atoms with Gasteiger partial charge in [0.15, 0.2) is 17.9 Å². The summed E-state index contributed by atoms with van der Waals surface area (Å²) in [7, 11) is 0. The normalized spacial score (nSPS) is 17.4. The van der Waals surface area contributed by atoms with Crippen molar-refractivity contribution in [3.8, 4) is 0 Å². The summed E-state index contributed by atoms with van der Waals surface area (Å²) in [5, 5.41) is 23.3. The summed E-state index contributed by atoms with van der Waals surface area (Å²) in [4.78, 5) is 42.5. The molecule has 0 spiro atoms. The van der Waals surface area contributed by atoms with Gasteiger partial charge in [0.1, 0.15) is 12.2 Å². The van der Waals surface area contributed by atoms with Crippen LogP contribution in [-0.4, -0.2) is 46.2 Å². The van der Waals surface area contributed by atoms with Gasteiger partial charge in [0.25, 0.3) is 5.91 Å². The van der Waals surface area contributed by atoms with Crippen LogP contribution < -0.4 is 11.3 Å². The SMILES string of the molecule is CC(=O)[C@H](O)C(N=O)C(O)C(N=O)C(=O)NN. The number of aliphatic hydroxyl groups is 2. The van der Waals surface area contributed by atoms with E-state index in [1.165, 1.54) is 0 Å². The molecular weight excluding hydrogens is 236 g/mol. The summed E-state index contributed by atoms with van der Waals surface area (Å²) in [6.07, 6.45) is -3.98. The molecule has 0 aromatic rings. The molecule has 3 unspecified atom stereocenters. The third-order valence-corrected chi connectivity index (χ3v) is 2.06. The number of nitroso groups, excluding NO2 is 2. The second-order valence-electron chi connectivity index (χ2n) is 3.20. The van der Waals surface area contributed by atoms with Crippen LogP contribution in [0.5, 0.6) is 0 Å². The van der Waals surface area contributed by atoms with Crippen LogP contribution in [0.1, 0.15) is 6.92 Å². The average molecular weight is 248 g/mol. The topological polar surface area (TPSA) is 172 Å². The number of carbonyl (C=O) groups excluding carboxylic acids is 2. The largest absolute Gasteiger partial charge is 0.388 e. The molecule has 10 nitrogen and oxygen atoms in total. The fourth-order valence-electron chi connectivity index (χ4n) is 1.08. The maximum atomic E-state index is 11.0. The van der Waals surface area contributed by atoms with Crippen LogP contribution in [0.3, 0.4) is 0 Å². The van der Waals surface area contributed by atoms with Crippen LogP contribution in [0.2, 0.25) is 0 Å². The molecule has 4 atom stereocenters. The number of nitrogens with one attached hydrogen (secondary N) is 1. The number of nitrogens with two attached hydrogens (primary N) is 1. The molecule has 0 bridgehead atoms. The number of Topliss-reactive ketones (excluding diaryl/α,β-unsaturated/α-hetero) is 1. The number of carbonyl (C=O) groups is 2. The molecule has 0 saturated carbocycles. The Bertz CT molecular complexity index is 321. The molecule has 10 heteroatoms. The van der Waals surface area contributed by atoms with Crippen molar-refractivity contribution in [1.82, 2.24) is 5.43 Å². The van der Waals surface area contributed by atoms with E-state index in [9.17, 15) is 29.6 Å². The minimum Gasteiger partial charge on any atom is -0.388 e. The lowest BCUT2D eigenvalue weighted by Crippen LogP contribution is -2.51. The maximum Gasteiger partial charge on any atom is 0.265 e. The number of amides is 1. The number of hydrogen-bond acceptors (Lipinski definition) is 9. The lowest BCUT2D eigenvalue weighted by molar-refractivity contribution is -0.131. The standard InChI is InChI=1S/C7H12N4O6/c1-2(12)5(13)3(10-16)6(14)4(11-17)7(15)9-8/h3-6,13-14H,8H2,1H3,(H,9,15)/t3?,4?,5-,6?/m0/s1. The van der Waals surface area contributed by atoms with Gasteiger partial charge < -0.3 is 10.2 Å². The zero-order valence-corrected chi connectivity index (χ0v) is 8.81. The highest BCUT2D eigenvalue weighted by Gasteiger charge is 2.40. The van der Waals surface area contributed by atoms with E-state index >= 15 is 0 Å². The predicted molar refractivity (Wildman–Crippen MR) is 54.2 cm³/mol. The van der Waals surface area contributed by atoms with Crippen LogP contribution in [0, 0.1) is 9.81 Å². The summed E-state index contributed by atoms with van der Waals surface area (Å²) < 4.78 is 0. The zero-order valence-electron chi connectivity index (χ0n) is 8.81. The number of aliphatic hydroxyl groups excluding tert-OH is 2. The van der Waals surface area contributed by atoms with Gasteiger partial charge in [0, 0.05) is 0 Å². The van der Waals surface area contributed by atoms with Crippen LogP contribution >= 0.6 is 0 Å². The van der Waals surface area contributed by atoms with Crippen molar-refractivity contribution in [2.24, 2.45) is 16.2 Å². The van der Waals surface area contributed by atoms with Crippen molar-refractivity contribution in [3.63, 3.8) is 0 Å². The van der Waals surface area contributed by atoms with Crippen LogP contribution in [0.4, 0.5) is 0 Å². The van der Waals surface area contributed by atoms with E-state index in [0.29, 0.717) is 0 Å². The number of hydrogen-bond donors (Lipinski definition) is 4. The highest BCUT2D eigenvalue weighted by atomic mass is 16.3. The Hall–Kier alpha value is -1.78. The molecule has 0 fully saturated rings. The maximum absolute atomic E-state index is 11.0. The Kier molecular flexibility index (Phi) is 6.02. The van der Waals surface area contributed by atoms with Crippen LogP contribution in [0.15, 0.2) is 10.4 Å². The fraction of sp³-hybridized carbons (Fsp3) is 0.714. The Labute approximate surface area is 95.1 Å². The highest BCUT2D eigenvalue weighted by Crippen LogP contribution is 2.12. The minimum atomic E-state index is -2.05. The Morgan fingerprint density at radius 1 is 1.24 bits per heavy atom. The Morgan fingerprint density at radius 3 is 2.06 bits per heavy atom. The third kappa shape index (κ3) is 3.62. The first-order chi connectivity index (χ1) is 7.90. The highest BCUT2D eigenvalue weighted by molar-refractivity contribution is 5.83. The van der Waals surface area contributed by atoms with Gasteiger partial charge >= 0.3 is 0 Å². The van der Waals surface area contributed by atoms with Gasteiger partial charge in [-0.05, 0) is 6.92 Å². The third-order valence-electron chi connectivity index (χ3n) is 2.06. The van der Waals surface area contributed by atoms with Crippen molar-refractivity contribution < 1.29 is 19.8 Å². The second-order valence-corrected chi connectivity index (χ2v) is 3.20. The molecule has 96 valence electrons. The van der Waals surface area contributed by atoms with Gasteiger partial charge in [-0.1, -0.05) is 10.4 Å². The van der Waals surface area contributed by atoms with E-state index in [1.807, 2.05) is 0 Å². The first-order valence-corrected chi connectivity index (χ1v) is 4.42. The zero-order chi connectivity index (χ0) is 13.6. The van der Waals surface area contributed by atoms with Crippen molar-refractivity contribution in [1.29, 1.82) is 0 Å². The van der Waals surface area contributed by atoms with E-state index in [1.54, 1.807) is 5.43 Å². The molecule has 0 heterocycles. The summed E-state index contributed by atoms with van der Waals surface area (Å²) >= 11 is 0. The minimum absolute atomic E-state index is 0.855. The second kappa shape index (κ2) is 6.73. The summed E-state index contributed by atoms with van der Waals surface area (Å²) in [6.45, 7) is 0.946. The van der Waals surface area contributed by atoms with E-state index in [2.05, 4.69) is 10.4 Å².